The Morgan fingerprint density at radius 2 is 2.11 bits per heavy atom. The smallest absolute Gasteiger partial charge is 0.230 e. The molecule has 3 rings (SSSR count). The van der Waals surface area contributed by atoms with Crippen LogP contribution in [0.4, 0.5) is 0 Å². The average Bonchev–Trinajstić information content (AvgIpc) is 3.14. The molecule has 0 atom stereocenters. The van der Waals surface area contributed by atoms with E-state index >= 15 is 0 Å². The van der Waals surface area contributed by atoms with E-state index in [-0.39, 0.29) is 5.91 Å². The zero-order chi connectivity index (χ0) is 19.8. The second-order valence-electron chi connectivity index (χ2n) is 6.95. The standard InChI is InChI=1S/C21H28N4O2S/c1-3-13-25-20(16-9-5-4-6-10-16)23-24-21(25)28-15-19(26)22-14-17-11-7-8-12-18(17)27-2/h3,7-8,11-12,16H,1,4-6,9-10,13-15H2,2H3,(H,22,26). The lowest BCUT2D eigenvalue weighted by molar-refractivity contribution is -0.118. The van der Waals surface area contributed by atoms with Gasteiger partial charge in [-0.15, -0.1) is 16.8 Å². The highest BCUT2D eigenvalue weighted by atomic mass is 32.2. The van der Waals surface area contributed by atoms with E-state index in [1.54, 1.807) is 7.11 Å². The van der Waals surface area contributed by atoms with Crippen molar-refractivity contribution < 1.29 is 9.53 Å². The maximum absolute atomic E-state index is 12.3. The van der Waals surface area contributed by atoms with E-state index < -0.39 is 0 Å². The number of para-hydroxylation sites is 1. The van der Waals surface area contributed by atoms with E-state index in [1.807, 2.05) is 30.3 Å². The van der Waals surface area contributed by atoms with Crippen LogP contribution in [0.3, 0.4) is 0 Å². The summed E-state index contributed by atoms with van der Waals surface area (Å²) in [6.45, 7) is 4.97. The Labute approximate surface area is 170 Å². The molecular weight excluding hydrogens is 372 g/mol. The molecule has 1 heterocycles. The topological polar surface area (TPSA) is 69.0 Å². The van der Waals surface area contributed by atoms with Crippen LogP contribution in [-0.2, 0) is 17.9 Å². The molecular formula is C21H28N4O2S. The van der Waals surface area contributed by atoms with Crippen LogP contribution in [0.1, 0.15) is 49.4 Å². The Balaban J connectivity index is 1.58. The first-order chi connectivity index (χ1) is 13.7. The molecule has 1 aromatic heterocycles. The maximum atomic E-state index is 12.3. The predicted octanol–water partition coefficient (Wildman–Crippen LogP) is 3.93. The minimum atomic E-state index is -0.0386. The molecule has 7 heteroatoms. The molecule has 6 nitrogen and oxygen atoms in total. The predicted molar refractivity (Wildman–Crippen MR) is 112 cm³/mol. The van der Waals surface area contributed by atoms with Crippen LogP contribution in [0.25, 0.3) is 0 Å². The monoisotopic (exact) mass is 400 g/mol. The van der Waals surface area contributed by atoms with Gasteiger partial charge in [0.2, 0.25) is 5.91 Å². The first-order valence-electron chi connectivity index (χ1n) is 9.78. The third-order valence-corrected chi connectivity index (χ3v) is 6.00. The van der Waals surface area contributed by atoms with Crippen LogP contribution < -0.4 is 10.1 Å². The van der Waals surface area contributed by atoms with Crippen LogP contribution in [0.15, 0.2) is 42.1 Å². The van der Waals surface area contributed by atoms with Gasteiger partial charge < -0.3 is 14.6 Å². The highest BCUT2D eigenvalue weighted by molar-refractivity contribution is 7.99. The Morgan fingerprint density at radius 3 is 2.86 bits per heavy atom. The lowest BCUT2D eigenvalue weighted by Gasteiger charge is -2.21. The number of nitrogens with one attached hydrogen (secondary N) is 1. The van der Waals surface area contributed by atoms with Crippen molar-refractivity contribution in [2.24, 2.45) is 0 Å². The van der Waals surface area contributed by atoms with Gasteiger partial charge in [0.25, 0.3) is 0 Å². The van der Waals surface area contributed by atoms with Crippen LogP contribution >= 0.6 is 11.8 Å². The van der Waals surface area contributed by atoms with Crippen LogP contribution in [0.2, 0.25) is 0 Å². The summed E-state index contributed by atoms with van der Waals surface area (Å²) in [5.74, 6) is 2.54. The quantitative estimate of drug-likeness (QED) is 0.510. The molecule has 0 spiro atoms. The van der Waals surface area contributed by atoms with E-state index in [0.717, 1.165) is 22.3 Å². The number of allylic oxidation sites excluding steroid dienone is 1. The molecule has 2 aromatic rings. The van der Waals surface area contributed by atoms with Gasteiger partial charge >= 0.3 is 0 Å². The molecule has 1 saturated carbocycles. The number of benzene rings is 1. The van der Waals surface area contributed by atoms with Gasteiger partial charge in [-0.2, -0.15) is 0 Å². The summed E-state index contributed by atoms with van der Waals surface area (Å²) in [7, 11) is 1.63. The van der Waals surface area contributed by atoms with Crippen LogP contribution in [0, 0.1) is 0 Å². The fourth-order valence-electron chi connectivity index (χ4n) is 3.59. The van der Waals surface area contributed by atoms with E-state index in [2.05, 4.69) is 26.7 Å². The molecule has 0 unspecified atom stereocenters. The molecule has 0 bridgehead atoms. The zero-order valence-corrected chi connectivity index (χ0v) is 17.2. The first-order valence-corrected chi connectivity index (χ1v) is 10.8. The van der Waals surface area contributed by atoms with Crippen LogP contribution in [-0.4, -0.2) is 33.5 Å². The highest BCUT2D eigenvalue weighted by Crippen LogP contribution is 2.33. The maximum Gasteiger partial charge on any atom is 0.230 e. The first kappa shape index (κ1) is 20.5. The molecule has 150 valence electrons. The number of methoxy groups -OCH3 is 1. The van der Waals surface area contributed by atoms with Crippen molar-refractivity contribution in [3.05, 3.63) is 48.3 Å². The van der Waals surface area contributed by atoms with Gasteiger partial charge in [0, 0.05) is 24.6 Å². The number of carbonyl (C=O) groups excluding carboxylic acids is 1. The molecule has 0 aliphatic heterocycles. The normalized spacial score (nSPS) is 14.6. The number of nitrogens with zero attached hydrogens (tertiary/aromatic N) is 3. The summed E-state index contributed by atoms with van der Waals surface area (Å²) in [5, 5.41) is 12.5. The largest absolute Gasteiger partial charge is 0.496 e. The lowest BCUT2D eigenvalue weighted by Crippen LogP contribution is -2.25. The molecule has 1 amide bonds. The second-order valence-corrected chi connectivity index (χ2v) is 7.89. The van der Waals surface area contributed by atoms with Gasteiger partial charge in [-0.05, 0) is 18.9 Å². The Bertz CT molecular complexity index is 799. The third kappa shape index (κ3) is 5.16. The minimum absolute atomic E-state index is 0.0386. The third-order valence-electron chi connectivity index (χ3n) is 5.03. The average molecular weight is 401 g/mol. The fraction of sp³-hybridized carbons (Fsp3) is 0.476. The van der Waals surface area contributed by atoms with Crippen LogP contribution in [0.5, 0.6) is 5.75 Å². The van der Waals surface area contributed by atoms with Gasteiger partial charge in [-0.25, -0.2) is 0 Å². The zero-order valence-electron chi connectivity index (χ0n) is 16.4. The number of hydrogen-bond acceptors (Lipinski definition) is 5. The van der Waals surface area contributed by atoms with Gasteiger partial charge in [0.1, 0.15) is 11.6 Å². The Kier molecular flexibility index (Phi) is 7.54. The van der Waals surface area contributed by atoms with E-state index in [1.165, 1.54) is 43.9 Å². The van der Waals surface area contributed by atoms with Gasteiger partial charge in [0.15, 0.2) is 5.16 Å². The minimum Gasteiger partial charge on any atom is -0.496 e. The Morgan fingerprint density at radius 1 is 1.32 bits per heavy atom. The van der Waals surface area contributed by atoms with E-state index in [4.69, 9.17) is 4.74 Å². The molecule has 28 heavy (non-hydrogen) atoms. The molecule has 1 fully saturated rings. The van der Waals surface area contributed by atoms with Crippen molar-refractivity contribution in [2.75, 3.05) is 12.9 Å². The summed E-state index contributed by atoms with van der Waals surface area (Å²) in [6, 6.07) is 7.68. The number of thioether (sulfide) groups is 1. The van der Waals surface area contributed by atoms with Crippen molar-refractivity contribution in [3.8, 4) is 5.75 Å². The molecule has 1 aromatic carbocycles. The summed E-state index contributed by atoms with van der Waals surface area (Å²) < 4.78 is 7.43. The van der Waals surface area contributed by atoms with Crippen molar-refractivity contribution in [1.82, 2.24) is 20.1 Å². The van der Waals surface area contributed by atoms with Gasteiger partial charge in [-0.1, -0.05) is 55.3 Å². The van der Waals surface area contributed by atoms with E-state index in [9.17, 15) is 4.79 Å². The molecule has 1 aliphatic rings. The van der Waals surface area contributed by atoms with Gasteiger partial charge in [0.05, 0.1) is 12.9 Å². The van der Waals surface area contributed by atoms with Gasteiger partial charge in [-0.3, -0.25) is 4.79 Å². The van der Waals surface area contributed by atoms with Crippen molar-refractivity contribution >= 4 is 17.7 Å². The van der Waals surface area contributed by atoms with Crippen molar-refractivity contribution in [1.29, 1.82) is 0 Å². The van der Waals surface area contributed by atoms with Crippen molar-refractivity contribution in [3.63, 3.8) is 0 Å². The second kappa shape index (κ2) is 10.3. The number of rotatable bonds is 9. The number of ether oxygens (including phenoxy) is 1. The van der Waals surface area contributed by atoms with Crippen molar-refractivity contribution in [2.45, 2.75) is 56.3 Å². The Hall–Kier alpha value is -2.28. The molecule has 1 N–H and O–H groups in total. The molecule has 0 radical (unpaired) electrons. The lowest BCUT2D eigenvalue weighted by atomic mass is 9.89. The van der Waals surface area contributed by atoms with E-state index in [0.29, 0.717) is 24.8 Å². The summed E-state index contributed by atoms with van der Waals surface area (Å²) in [6.07, 6.45) is 8.00. The number of aromatic nitrogens is 3. The number of amides is 1. The fourth-order valence-corrected chi connectivity index (χ4v) is 4.38. The SMILES string of the molecule is C=CCn1c(SCC(=O)NCc2ccccc2OC)nnc1C1CCCCC1. The highest BCUT2D eigenvalue weighted by Gasteiger charge is 2.23. The summed E-state index contributed by atoms with van der Waals surface area (Å²) in [5.41, 5.74) is 0.956. The summed E-state index contributed by atoms with van der Waals surface area (Å²) >= 11 is 1.42. The molecule has 0 saturated heterocycles. The summed E-state index contributed by atoms with van der Waals surface area (Å²) in [4.78, 5) is 12.3. The number of hydrogen-bond donors (Lipinski definition) is 1. The number of carbonyl (C=O) groups is 1. The molecule has 1 aliphatic carbocycles.